The summed E-state index contributed by atoms with van der Waals surface area (Å²) < 4.78 is 0. The van der Waals surface area contributed by atoms with Crippen LogP contribution in [0.4, 0.5) is 0 Å². The summed E-state index contributed by atoms with van der Waals surface area (Å²) in [6.07, 6.45) is 2.11. The number of nitrogens with two attached hydrogens (primary N) is 1. The van der Waals surface area contributed by atoms with Gasteiger partial charge >= 0.3 is 0 Å². The molecular weight excluding hydrogens is 226 g/mol. The Balaban J connectivity index is 1.72. The van der Waals surface area contributed by atoms with E-state index in [1.165, 1.54) is 11.1 Å². The van der Waals surface area contributed by atoms with E-state index in [9.17, 15) is 4.79 Å². The number of fused-ring (bicyclic) bond motifs is 1. The number of benzene rings is 1. The second-order valence-corrected chi connectivity index (χ2v) is 4.70. The Morgan fingerprint density at radius 3 is 2.89 bits per heavy atom. The van der Waals surface area contributed by atoms with Crippen LogP contribution in [0.5, 0.6) is 0 Å². The molecule has 98 valence electrons. The third kappa shape index (κ3) is 3.55. The third-order valence-electron chi connectivity index (χ3n) is 3.37. The van der Waals surface area contributed by atoms with E-state index in [1.807, 2.05) is 0 Å². The highest BCUT2D eigenvalue weighted by Gasteiger charge is 2.14. The molecule has 0 saturated carbocycles. The lowest BCUT2D eigenvalue weighted by molar-refractivity contribution is -0.119. The molecular formula is C14H21N3O. The van der Waals surface area contributed by atoms with E-state index in [0.717, 1.165) is 32.5 Å². The first-order chi connectivity index (χ1) is 8.79. The molecule has 1 amide bonds. The summed E-state index contributed by atoms with van der Waals surface area (Å²) in [7, 11) is 0. The van der Waals surface area contributed by atoms with Gasteiger partial charge in [-0.05, 0) is 24.0 Å². The Kier molecular flexibility index (Phi) is 4.73. The highest BCUT2D eigenvalue weighted by Crippen LogP contribution is 2.18. The number of carbonyl (C=O) groups is 1. The molecule has 1 heterocycles. The van der Waals surface area contributed by atoms with Crippen molar-refractivity contribution in [2.45, 2.75) is 19.4 Å². The van der Waals surface area contributed by atoms with Crippen LogP contribution in [0.2, 0.25) is 0 Å². The molecule has 0 aromatic heterocycles. The fourth-order valence-corrected chi connectivity index (χ4v) is 2.35. The number of hydrogen-bond acceptors (Lipinski definition) is 3. The second kappa shape index (κ2) is 6.52. The van der Waals surface area contributed by atoms with Gasteiger partial charge in [-0.25, -0.2) is 0 Å². The molecule has 18 heavy (non-hydrogen) atoms. The van der Waals surface area contributed by atoms with Gasteiger partial charge < -0.3 is 11.1 Å². The van der Waals surface area contributed by atoms with E-state index < -0.39 is 0 Å². The molecule has 0 spiro atoms. The van der Waals surface area contributed by atoms with Crippen LogP contribution in [-0.2, 0) is 17.8 Å². The minimum atomic E-state index is -0.0704. The van der Waals surface area contributed by atoms with E-state index in [1.54, 1.807) is 0 Å². The zero-order valence-corrected chi connectivity index (χ0v) is 10.7. The van der Waals surface area contributed by atoms with Crippen LogP contribution in [0.3, 0.4) is 0 Å². The van der Waals surface area contributed by atoms with Crippen LogP contribution in [0.1, 0.15) is 17.5 Å². The van der Waals surface area contributed by atoms with E-state index in [-0.39, 0.29) is 12.5 Å². The van der Waals surface area contributed by atoms with Gasteiger partial charge in [0.1, 0.15) is 0 Å². The third-order valence-corrected chi connectivity index (χ3v) is 3.37. The molecule has 1 aromatic rings. The van der Waals surface area contributed by atoms with E-state index in [2.05, 4.69) is 34.5 Å². The number of hydrogen-bond donors (Lipinski definition) is 2. The fourth-order valence-electron chi connectivity index (χ4n) is 2.35. The molecule has 0 fully saturated rings. The molecule has 0 atom stereocenters. The summed E-state index contributed by atoms with van der Waals surface area (Å²) in [5.74, 6) is -0.0704. The van der Waals surface area contributed by atoms with Crippen LogP contribution in [-0.4, -0.2) is 37.0 Å². The van der Waals surface area contributed by atoms with Gasteiger partial charge in [0.05, 0.1) is 6.54 Å². The Morgan fingerprint density at radius 1 is 1.33 bits per heavy atom. The van der Waals surface area contributed by atoms with Gasteiger partial charge in [-0.1, -0.05) is 24.3 Å². The van der Waals surface area contributed by atoms with Crippen molar-refractivity contribution in [1.82, 2.24) is 10.2 Å². The van der Waals surface area contributed by atoms with Crippen molar-refractivity contribution in [1.29, 1.82) is 0 Å². The number of amides is 1. The number of carbonyl (C=O) groups excluding carboxylic acids is 1. The summed E-state index contributed by atoms with van der Waals surface area (Å²) in [4.78, 5) is 13.4. The van der Waals surface area contributed by atoms with Gasteiger partial charge in [-0.3, -0.25) is 9.69 Å². The maximum Gasteiger partial charge on any atom is 0.233 e. The predicted octanol–water partition coefficient (Wildman–Crippen LogP) is 0.510. The minimum absolute atomic E-state index is 0.0704. The molecule has 1 aromatic carbocycles. The average Bonchev–Trinajstić information content (AvgIpc) is 2.43. The molecule has 0 saturated heterocycles. The quantitative estimate of drug-likeness (QED) is 0.745. The second-order valence-electron chi connectivity index (χ2n) is 4.70. The summed E-state index contributed by atoms with van der Waals surface area (Å²) in [6, 6.07) is 8.63. The Bertz CT molecular complexity index is 406. The Hall–Kier alpha value is -1.39. The number of nitrogens with one attached hydrogen (secondary N) is 1. The molecule has 4 nitrogen and oxygen atoms in total. The van der Waals surface area contributed by atoms with Crippen LogP contribution in [0.15, 0.2) is 24.3 Å². The summed E-state index contributed by atoms with van der Waals surface area (Å²) in [6.45, 7) is 3.97. The van der Waals surface area contributed by atoms with Crippen molar-refractivity contribution < 1.29 is 4.79 Å². The SMILES string of the molecule is NCC(=O)NCCCN1CCc2ccccc2C1. The first kappa shape index (κ1) is 13.1. The van der Waals surface area contributed by atoms with Gasteiger partial charge in [-0.2, -0.15) is 0 Å². The van der Waals surface area contributed by atoms with Crippen molar-refractivity contribution in [2.24, 2.45) is 5.73 Å². The minimum Gasteiger partial charge on any atom is -0.355 e. The Labute approximate surface area is 108 Å². The fraction of sp³-hybridized carbons (Fsp3) is 0.500. The first-order valence-corrected chi connectivity index (χ1v) is 6.55. The van der Waals surface area contributed by atoms with E-state index >= 15 is 0 Å². The van der Waals surface area contributed by atoms with Crippen LogP contribution in [0.25, 0.3) is 0 Å². The molecule has 0 unspecified atom stereocenters. The molecule has 1 aliphatic heterocycles. The zero-order chi connectivity index (χ0) is 12.8. The number of rotatable bonds is 5. The van der Waals surface area contributed by atoms with Gasteiger partial charge in [0, 0.05) is 26.2 Å². The zero-order valence-electron chi connectivity index (χ0n) is 10.7. The molecule has 4 heteroatoms. The topological polar surface area (TPSA) is 58.4 Å². The normalized spacial score (nSPS) is 15.2. The largest absolute Gasteiger partial charge is 0.355 e. The van der Waals surface area contributed by atoms with Crippen LogP contribution < -0.4 is 11.1 Å². The van der Waals surface area contributed by atoms with Crippen molar-refractivity contribution in [3.05, 3.63) is 35.4 Å². The smallest absolute Gasteiger partial charge is 0.233 e. The first-order valence-electron chi connectivity index (χ1n) is 6.55. The van der Waals surface area contributed by atoms with Gasteiger partial charge in [0.2, 0.25) is 5.91 Å². The molecule has 1 aliphatic rings. The van der Waals surface area contributed by atoms with Crippen LogP contribution >= 0.6 is 0 Å². The van der Waals surface area contributed by atoms with Gasteiger partial charge in [0.15, 0.2) is 0 Å². The predicted molar refractivity (Wildman–Crippen MR) is 72.1 cm³/mol. The maximum atomic E-state index is 11.0. The lowest BCUT2D eigenvalue weighted by Crippen LogP contribution is -2.35. The maximum absolute atomic E-state index is 11.0. The number of nitrogens with zero attached hydrogens (tertiary/aromatic N) is 1. The van der Waals surface area contributed by atoms with Crippen molar-refractivity contribution >= 4 is 5.91 Å². The molecule has 0 radical (unpaired) electrons. The monoisotopic (exact) mass is 247 g/mol. The molecule has 3 N–H and O–H groups in total. The van der Waals surface area contributed by atoms with Crippen molar-refractivity contribution in [3.8, 4) is 0 Å². The van der Waals surface area contributed by atoms with Crippen LogP contribution in [0, 0.1) is 0 Å². The molecule has 0 aliphatic carbocycles. The standard InChI is InChI=1S/C14H21N3O/c15-10-14(18)16-7-3-8-17-9-6-12-4-1-2-5-13(12)11-17/h1-2,4-5H,3,6-11,15H2,(H,16,18). The highest BCUT2D eigenvalue weighted by molar-refractivity contribution is 5.77. The molecule has 0 bridgehead atoms. The summed E-state index contributed by atoms with van der Waals surface area (Å²) in [5, 5.41) is 2.80. The van der Waals surface area contributed by atoms with E-state index in [4.69, 9.17) is 5.73 Å². The summed E-state index contributed by atoms with van der Waals surface area (Å²) >= 11 is 0. The van der Waals surface area contributed by atoms with Crippen molar-refractivity contribution in [2.75, 3.05) is 26.2 Å². The lowest BCUT2D eigenvalue weighted by atomic mass is 10.00. The average molecular weight is 247 g/mol. The van der Waals surface area contributed by atoms with Crippen molar-refractivity contribution in [3.63, 3.8) is 0 Å². The summed E-state index contributed by atoms with van der Waals surface area (Å²) in [5.41, 5.74) is 8.14. The molecule has 2 rings (SSSR count). The van der Waals surface area contributed by atoms with Gasteiger partial charge in [0.25, 0.3) is 0 Å². The van der Waals surface area contributed by atoms with E-state index in [0.29, 0.717) is 6.54 Å². The lowest BCUT2D eigenvalue weighted by Gasteiger charge is -2.28. The Morgan fingerprint density at radius 2 is 2.11 bits per heavy atom. The highest BCUT2D eigenvalue weighted by atomic mass is 16.1. The van der Waals surface area contributed by atoms with Gasteiger partial charge in [-0.15, -0.1) is 0 Å².